The molecule has 1 aromatic heterocycles. The number of hydrogen-bond donors (Lipinski definition) is 1. The quantitative estimate of drug-likeness (QED) is 0.789. The largest absolute Gasteiger partial charge is 0.423 e. The maximum atomic E-state index is 13.2. The van der Waals surface area contributed by atoms with E-state index < -0.39 is 0 Å². The van der Waals surface area contributed by atoms with Gasteiger partial charge in [0, 0.05) is 18.7 Å². The molecule has 5 nitrogen and oxygen atoms in total. The predicted octanol–water partition coefficient (Wildman–Crippen LogP) is 2.19. The molecule has 0 radical (unpaired) electrons. The molecule has 0 saturated carbocycles. The summed E-state index contributed by atoms with van der Waals surface area (Å²) >= 11 is 0. The minimum Gasteiger partial charge on any atom is -0.423 e. The molecule has 1 N–H and O–H groups in total. The number of rotatable bonds is 7. The lowest BCUT2D eigenvalue weighted by molar-refractivity contribution is 0.0956. The first-order valence-electron chi connectivity index (χ1n) is 6.63. The lowest BCUT2D eigenvalue weighted by Gasteiger charge is -2.24. The van der Waals surface area contributed by atoms with Crippen molar-refractivity contribution in [3.05, 3.63) is 24.0 Å². The molecule has 0 saturated heterocycles. The first kappa shape index (κ1) is 14.7. The van der Waals surface area contributed by atoms with Gasteiger partial charge in [-0.1, -0.05) is 0 Å². The molecular weight excluding hydrogens is 263 g/mol. The number of nitrogens with zero attached hydrogens (tertiary/aromatic N) is 2. The Kier molecular flexibility index (Phi) is 4.92. The van der Waals surface area contributed by atoms with Crippen LogP contribution in [0, 0.1) is 5.82 Å². The maximum absolute atomic E-state index is 13.2. The number of fused-ring (bicyclic) bond motifs is 1. The van der Waals surface area contributed by atoms with E-state index in [4.69, 9.17) is 14.3 Å². The van der Waals surface area contributed by atoms with Crippen molar-refractivity contribution in [2.75, 3.05) is 31.3 Å². The highest BCUT2D eigenvalue weighted by atomic mass is 19.1. The number of ether oxygens (including phenoxy) is 1. The van der Waals surface area contributed by atoms with Gasteiger partial charge in [-0.3, -0.25) is 0 Å². The highest BCUT2D eigenvalue weighted by Crippen LogP contribution is 2.23. The SMILES string of the molecule is CC(C)N(CCOCCO)c1nc2cc(F)ccc2o1. The molecule has 110 valence electrons. The molecule has 0 atom stereocenters. The van der Waals surface area contributed by atoms with Crippen LogP contribution in [-0.4, -0.2) is 42.5 Å². The van der Waals surface area contributed by atoms with Gasteiger partial charge in [0.05, 0.1) is 19.8 Å². The van der Waals surface area contributed by atoms with E-state index in [0.29, 0.717) is 36.9 Å². The van der Waals surface area contributed by atoms with Crippen molar-refractivity contribution in [3.8, 4) is 0 Å². The molecule has 0 spiro atoms. The molecule has 1 aromatic carbocycles. The van der Waals surface area contributed by atoms with E-state index in [2.05, 4.69) is 4.98 Å². The van der Waals surface area contributed by atoms with Crippen molar-refractivity contribution in [1.29, 1.82) is 0 Å². The third kappa shape index (κ3) is 3.46. The average Bonchev–Trinajstić information content (AvgIpc) is 2.80. The van der Waals surface area contributed by atoms with E-state index in [1.54, 1.807) is 6.07 Å². The lowest BCUT2D eigenvalue weighted by atomic mass is 10.3. The van der Waals surface area contributed by atoms with Gasteiger partial charge in [-0.15, -0.1) is 0 Å². The highest BCUT2D eigenvalue weighted by Gasteiger charge is 2.17. The van der Waals surface area contributed by atoms with Crippen LogP contribution in [0.2, 0.25) is 0 Å². The van der Waals surface area contributed by atoms with Crippen LogP contribution in [0.5, 0.6) is 0 Å². The van der Waals surface area contributed by atoms with Crippen LogP contribution < -0.4 is 4.90 Å². The predicted molar refractivity (Wildman–Crippen MR) is 74.4 cm³/mol. The standard InChI is InChI=1S/C14H19FN2O3/c1-10(2)17(5-7-19-8-6-18)14-16-12-9-11(15)3-4-13(12)20-14/h3-4,9-10,18H,5-8H2,1-2H3. The van der Waals surface area contributed by atoms with Crippen molar-refractivity contribution in [2.24, 2.45) is 0 Å². The van der Waals surface area contributed by atoms with E-state index in [9.17, 15) is 4.39 Å². The molecule has 0 aliphatic heterocycles. The molecule has 2 aromatic rings. The van der Waals surface area contributed by atoms with Gasteiger partial charge >= 0.3 is 0 Å². The summed E-state index contributed by atoms with van der Waals surface area (Å²) < 4.78 is 24.1. The van der Waals surface area contributed by atoms with E-state index in [0.717, 1.165) is 0 Å². The molecule has 6 heteroatoms. The van der Waals surface area contributed by atoms with E-state index in [-0.39, 0.29) is 18.5 Å². The number of aromatic nitrogens is 1. The minimum atomic E-state index is -0.334. The average molecular weight is 282 g/mol. The van der Waals surface area contributed by atoms with Gasteiger partial charge in [0.25, 0.3) is 6.01 Å². The van der Waals surface area contributed by atoms with Gasteiger partial charge in [0.2, 0.25) is 0 Å². The summed E-state index contributed by atoms with van der Waals surface area (Å²) in [6, 6.07) is 4.89. The number of oxazole rings is 1. The number of anilines is 1. The van der Waals surface area contributed by atoms with Crippen LogP contribution in [-0.2, 0) is 4.74 Å². The lowest BCUT2D eigenvalue weighted by Crippen LogP contribution is -2.34. The molecule has 0 amide bonds. The number of hydrogen-bond acceptors (Lipinski definition) is 5. The van der Waals surface area contributed by atoms with Crippen LogP contribution in [0.1, 0.15) is 13.8 Å². The maximum Gasteiger partial charge on any atom is 0.298 e. The molecule has 0 bridgehead atoms. The molecule has 2 rings (SSSR count). The third-order valence-corrected chi connectivity index (χ3v) is 2.92. The molecule has 0 aliphatic rings. The molecule has 1 heterocycles. The van der Waals surface area contributed by atoms with Crippen molar-refractivity contribution in [3.63, 3.8) is 0 Å². The summed E-state index contributed by atoms with van der Waals surface area (Å²) in [6.07, 6.45) is 0. The fourth-order valence-electron chi connectivity index (χ4n) is 1.92. The van der Waals surface area contributed by atoms with Crippen LogP contribution in [0.15, 0.2) is 22.6 Å². The zero-order valence-corrected chi connectivity index (χ0v) is 11.7. The Hall–Kier alpha value is -1.66. The van der Waals surface area contributed by atoms with E-state index in [1.807, 2.05) is 18.7 Å². The summed E-state index contributed by atoms with van der Waals surface area (Å²) in [7, 11) is 0. The molecule has 20 heavy (non-hydrogen) atoms. The first-order chi connectivity index (χ1) is 9.61. The van der Waals surface area contributed by atoms with Crippen LogP contribution in [0.4, 0.5) is 10.4 Å². The zero-order valence-electron chi connectivity index (χ0n) is 11.7. The van der Waals surface area contributed by atoms with Gasteiger partial charge in [-0.25, -0.2) is 4.39 Å². The highest BCUT2D eigenvalue weighted by molar-refractivity contribution is 5.74. The van der Waals surface area contributed by atoms with Crippen LogP contribution in [0.25, 0.3) is 11.1 Å². The molecule has 0 fully saturated rings. The topological polar surface area (TPSA) is 58.7 Å². The fraction of sp³-hybridized carbons (Fsp3) is 0.500. The van der Waals surface area contributed by atoms with Crippen molar-refractivity contribution in [1.82, 2.24) is 4.98 Å². The zero-order chi connectivity index (χ0) is 14.5. The Labute approximate surface area is 117 Å². The summed E-state index contributed by atoms with van der Waals surface area (Å²) in [4.78, 5) is 6.25. The fourth-order valence-corrected chi connectivity index (χ4v) is 1.92. The first-order valence-corrected chi connectivity index (χ1v) is 6.63. The van der Waals surface area contributed by atoms with Crippen LogP contribution in [0.3, 0.4) is 0 Å². The van der Waals surface area contributed by atoms with Crippen molar-refractivity contribution >= 4 is 17.1 Å². The second-order valence-corrected chi connectivity index (χ2v) is 4.73. The van der Waals surface area contributed by atoms with Gasteiger partial charge in [-0.05, 0) is 26.0 Å². The van der Waals surface area contributed by atoms with Crippen LogP contribution >= 0.6 is 0 Å². The number of halogens is 1. The monoisotopic (exact) mass is 282 g/mol. The Morgan fingerprint density at radius 2 is 2.20 bits per heavy atom. The van der Waals surface area contributed by atoms with Gasteiger partial charge < -0.3 is 19.2 Å². The summed E-state index contributed by atoms with van der Waals surface area (Å²) in [5.74, 6) is -0.334. The molecule has 0 unspecified atom stereocenters. The van der Waals surface area contributed by atoms with Crippen molar-refractivity contribution in [2.45, 2.75) is 19.9 Å². The van der Waals surface area contributed by atoms with E-state index >= 15 is 0 Å². The second-order valence-electron chi connectivity index (χ2n) is 4.73. The number of aliphatic hydroxyl groups excluding tert-OH is 1. The van der Waals surface area contributed by atoms with Gasteiger partial charge in [0.1, 0.15) is 11.3 Å². The van der Waals surface area contributed by atoms with E-state index in [1.165, 1.54) is 12.1 Å². The van der Waals surface area contributed by atoms with Gasteiger partial charge in [0.15, 0.2) is 5.58 Å². The summed E-state index contributed by atoms with van der Waals surface area (Å²) in [5, 5.41) is 8.67. The Bertz CT molecular complexity index is 556. The smallest absolute Gasteiger partial charge is 0.298 e. The summed E-state index contributed by atoms with van der Waals surface area (Å²) in [6.45, 7) is 5.40. The molecular formula is C14H19FN2O3. The second kappa shape index (κ2) is 6.67. The number of benzene rings is 1. The number of aliphatic hydroxyl groups is 1. The molecule has 0 aliphatic carbocycles. The normalized spacial score (nSPS) is 11.4. The Balaban J connectivity index is 2.14. The Morgan fingerprint density at radius 1 is 1.40 bits per heavy atom. The Morgan fingerprint density at radius 3 is 2.90 bits per heavy atom. The summed E-state index contributed by atoms with van der Waals surface area (Å²) in [5.41, 5.74) is 1.06. The van der Waals surface area contributed by atoms with Gasteiger partial charge in [-0.2, -0.15) is 4.98 Å². The van der Waals surface area contributed by atoms with Crippen molar-refractivity contribution < 1.29 is 18.7 Å². The third-order valence-electron chi connectivity index (χ3n) is 2.92. The minimum absolute atomic E-state index is 0.00381.